The first kappa shape index (κ1) is 15.1. The molecule has 0 N–H and O–H groups in total. The van der Waals surface area contributed by atoms with E-state index in [0.29, 0.717) is 0 Å². The van der Waals surface area contributed by atoms with Crippen molar-refractivity contribution in [3.8, 4) is 0 Å². The molecule has 0 aromatic heterocycles. The molecule has 3 rings (SSSR count). The minimum absolute atomic E-state index is 0.780. The van der Waals surface area contributed by atoms with Gasteiger partial charge in [0.2, 0.25) is 0 Å². The van der Waals surface area contributed by atoms with E-state index >= 15 is 0 Å². The largest absolute Gasteiger partial charge is 0.0840 e. The van der Waals surface area contributed by atoms with Crippen molar-refractivity contribution in [3.63, 3.8) is 0 Å². The van der Waals surface area contributed by atoms with Gasteiger partial charge in [-0.2, -0.15) is 0 Å². The monoisotopic (exact) mass is 362 g/mol. The summed E-state index contributed by atoms with van der Waals surface area (Å²) < 4.78 is 1.08. The van der Waals surface area contributed by atoms with Crippen molar-refractivity contribution in [1.29, 1.82) is 0 Å². The molecule has 0 saturated heterocycles. The van der Waals surface area contributed by atoms with Crippen molar-refractivity contribution in [3.05, 3.63) is 68.7 Å². The summed E-state index contributed by atoms with van der Waals surface area (Å²) in [6.07, 6.45) is 7.80. The van der Waals surface area contributed by atoms with Gasteiger partial charge in [0.1, 0.15) is 0 Å². The second kappa shape index (κ2) is 6.98. The Hall–Kier alpha value is -0.790. The van der Waals surface area contributed by atoms with Gasteiger partial charge < -0.3 is 0 Å². The maximum Gasteiger partial charge on any atom is 0.0442 e. The van der Waals surface area contributed by atoms with Crippen LogP contribution in [0.2, 0.25) is 5.02 Å². The first-order valence-electron chi connectivity index (χ1n) is 7.75. The molecule has 1 fully saturated rings. The van der Waals surface area contributed by atoms with E-state index in [4.69, 9.17) is 11.6 Å². The minimum atomic E-state index is 0.780. The highest BCUT2D eigenvalue weighted by Gasteiger charge is 2.15. The van der Waals surface area contributed by atoms with E-state index in [0.717, 1.165) is 21.8 Å². The highest BCUT2D eigenvalue weighted by Crippen LogP contribution is 2.33. The molecule has 1 saturated carbocycles. The molecule has 1 aliphatic carbocycles. The van der Waals surface area contributed by atoms with Gasteiger partial charge in [-0.05, 0) is 60.1 Å². The molecule has 0 bridgehead atoms. The maximum atomic E-state index is 6.28. The lowest BCUT2D eigenvalue weighted by molar-refractivity contribution is 0.443. The highest BCUT2D eigenvalue weighted by molar-refractivity contribution is 9.10. The Morgan fingerprint density at radius 2 is 1.67 bits per heavy atom. The number of hydrogen-bond donors (Lipinski definition) is 0. The van der Waals surface area contributed by atoms with E-state index in [9.17, 15) is 0 Å². The van der Waals surface area contributed by atoms with Crippen molar-refractivity contribution in [1.82, 2.24) is 0 Å². The predicted octanol–water partition coefficient (Wildman–Crippen LogP) is 6.74. The molecule has 0 spiro atoms. The molecule has 0 nitrogen and oxygen atoms in total. The maximum absolute atomic E-state index is 6.28. The standard InChI is InChI=1S/C19H20BrCl/c20-18-10-11-19(21)17(13-18)12-14-6-8-16(9-7-14)15-4-2-1-3-5-15/h6-11,13,15H,1-5,12H2. The molecule has 1 aliphatic rings. The van der Waals surface area contributed by atoms with E-state index in [1.165, 1.54) is 48.8 Å². The zero-order chi connectivity index (χ0) is 14.7. The Labute approximate surface area is 140 Å². The molecule has 110 valence electrons. The summed E-state index contributed by atoms with van der Waals surface area (Å²) in [7, 11) is 0. The quantitative estimate of drug-likeness (QED) is 0.566. The van der Waals surface area contributed by atoms with Gasteiger partial charge in [0, 0.05) is 9.50 Å². The van der Waals surface area contributed by atoms with Crippen molar-refractivity contribution in [2.24, 2.45) is 0 Å². The summed E-state index contributed by atoms with van der Waals surface area (Å²) in [5, 5.41) is 0.842. The molecule has 0 unspecified atom stereocenters. The van der Waals surface area contributed by atoms with E-state index in [1.807, 2.05) is 12.1 Å². The Morgan fingerprint density at radius 3 is 2.38 bits per heavy atom. The fraction of sp³-hybridized carbons (Fsp3) is 0.368. The highest BCUT2D eigenvalue weighted by atomic mass is 79.9. The van der Waals surface area contributed by atoms with Crippen LogP contribution in [0.4, 0.5) is 0 Å². The lowest BCUT2D eigenvalue weighted by Crippen LogP contribution is -2.04. The smallest absolute Gasteiger partial charge is 0.0442 e. The number of benzene rings is 2. The van der Waals surface area contributed by atoms with Gasteiger partial charge >= 0.3 is 0 Å². The second-order valence-electron chi connectivity index (χ2n) is 5.99. The van der Waals surface area contributed by atoms with Gasteiger partial charge in [-0.15, -0.1) is 0 Å². The SMILES string of the molecule is Clc1ccc(Br)cc1Cc1ccc(C2CCCCC2)cc1. The average Bonchev–Trinajstić information content (AvgIpc) is 2.53. The van der Waals surface area contributed by atoms with Crippen molar-refractivity contribution in [2.45, 2.75) is 44.4 Å². The van der Waals surface area contributed by atoms with Crippen molar-refractivity contribution >= 4 is 27.5 Å². The molecule has 2 heteroatoms. The molecule has 0 heterocycles. The normalized spacial score (nSPS) is 16.1. The third kappa shape index (κ3) is 3.90. The van der Waals surface area contributed by atoms with Crippen molar-refractivity contribution < 1.29 is 0 Å². The third-order valence-electron chi connectivity index (χ3n) is 4.46. The van der Waals surface area contributed by atoms with Crippen LogP contribution in [0.3, 0.4) is 0 Å². The fourth-order valence-corrected chi connectivity index (χ4v) is 3.84. The lowest BCUT2D eigenvalue weighted by Gasteiger charge is -2.22. The van der Waals surface area contributed by atoms with Gasteiger partial charge in [-0.1, -0.05) is 71.1 Å². The summed E-state index contributed by atoms with van der Waals surface area (Å²) in [6, 6.07) is 15.2. The van der Waals surface area contributed by atoms with Crippen LogP contribution in [0.25, 0.3) is 0 Å². The summed E-state index contributed by atoms with van der Waals surface area (Å²) in [4.78, 5) is 0. The lowest BCUT2D eigenvalue weighted by atomic mass is 9.84. The van der Waals surface area contributed by atoms with Crippen LogP contribution >= 0.6 is 27.5 Å². The fourth-order valence-electron chi connectivity index (χ4n) is 3.24. The first-order chi connectivity index (χ1) is 10.2. The first-order valence-corrected chi connectivity index (χ1v) is 8.92. The molecular formula is C19H20BrCl. The van der Waals surface area contributed by atoms with Crippen LogP contribution in [0.5, 0.6) is 0 Å². The molecule has 0 aliphatic heterocycles. The van der Waals surface area contributed by atoms with Gasteiger partial charge in [0.25, 0.3) is 0 Å². The topological polar surface area (TPSA) is 0 Å². The van der Waals surface area contributed by atoms with Crippen molar-refractivity contribution in [2.75, 3.05) is 0 Å². The molecule has 0 radical (unpaired) electrons. The summed E-state index contributed by atoms with van der Waals surface area (Å²) in [5.41, 5.74) is 4.02. The van der Waals surface area contributed by atoms with E-state index < -0.39 is 0 Å². The van der Waals surface area contributed by atoms with E-state index in [2.05, 4.69) is 46.3 Å². The average molecular weight is 364 g/mol. The molecule has 2 aromatic rings. The number of halogens is 2. The van der Waals surface area contributed by atoms with Gasteiger partial charge in [-0.3, -0.25) is 0 Å². The van der Waals surface area contributed by atoms with Crippen LogP contribution in [0.15, 0.2) is 46.9 Å². The molecule has 21 heavy (non-hydrogen) atoms. The van der Waals surface area contributed by atoms with Crippen LogP contribution in [0.1, 0.15) is 54.7 Å². The van der Waals surface area contributed by atoms with Crippen LogP contribution in [-0.4, -0.2) is 0 Å². The van der Waals surface area contributed by atoms with Gasteiger partial charge in [0.05, 0.1) is 0 Å². The second-order valence-corrected chi connectivity index (χ2v) is 7.31. The zero-order valence-corrected chi connectivity index (χ0v) is 14.5. The van der Waals surface area contributed by atoms with Gasteiger partial charge in [-0.25, -0.2) is 0 Å². The Morgan fingerprint density at radius 1 is 0.952 bits per heavy atom. The van der Waals surface area contributed by atoms with E-state index in [1.54, 1.807) is 0 Å². The minimum Gasteiger partial charge on any atom is -0.0840 e. The predicted molar refractivity (Wildman–Crippen MR) is 94.2 cm³/mol. The molecular weight excluding hydrogens is 344 g/mol. The third-order valence-corrected chi connectivity index (χ3v) is 5.32. The zero-order valence-electron chi connectivity index (χ0n) is 12.1. The Balaban J connectivity index is 1.73. The summed E-state index contributed by atoms with van der Waals surface area (Å²) in [6.45, 7) is 0. The van der Waals surface area contributed by atoms with Gasteiger partial charge in [0.15, 0.2) is 0 Å². The Bertz CT molecular complexity index is 597. The van der Waals surface area contributed by atoms with Crippen LogP contribution < -0.4 is 0 Å². The molecule has 0 amide bonds. The summed E-state index contributed by atoms with van der Waals surface area (Å²) in [5.74, 6) is 0.780. The van der Waals surface area contributed by atoms with E-state index in [-0.39, 0.29) is 0 Å². The van der Waals surface area contributed by atoms with Crippen LogP contribution in [-0.2, 0) is 6.42 Å². The number of hydrogen-bond acceptors (Lipinski definition) is 0. The summed E-state index contributed by atoms with van der Waals surface area (Å²) >= 11 is 9.79. The van der Waals surface area contributed by atoms with Crippen LogP contribution in [0, 0.1) is 0 Å². The Kier molecular flexibility index (Phi) is 5.03. The number of rotatable bonds is 3. The molecule has 2 aromatic carbocycles. The molecule has 0 atom stereocenters.